The predicted octanol–water partition coefficient (Wildman–Crippen LogP) is 1.29. The third kappa shape index (κ3) is 3.56. The third-order valence-corrected chi connectivity index (χ3v) is 1.52. The molecule has 0 amide bonds. The molecule has 12 heavy (non-hydrogen) atoms. The molecule has 1 rings (SSSR count). The van der Waals surface area contributed by atoms with Gasteiger partial charge in [-0.15, -0.1) is 5.92 Å². The summed E-state index contributed by atoms with van der Waals surface area (Å²) in [7, 11) is 0. The van der Waals surface area contributed by atoms with Gasteiger partial charge < -0.3 is 4.74 Å². The lowest BCUT2D eigenvalue weighted by atomic mass is 10.2. The van der Waals surface area contributed by atoms with Crippen LogP contribution in [0.25, 0.3) is 0 Å². The van der Waals surface area contributed by atoms with Crippen molar-refractivity contribution < 1.29 is 4.74 Å². The van der Waals surface area contributed by atoms with Crippen LogP contribution in [0.3, 0.4) is 0 Å². The number of rotatable bonds is 3. The Morgan fingerprint density at radius 3 is 3.00 bits per heavy atom. The molecule has 0 aliphatic carbocycles. The van der Waals surface area contributed by atoms with E-state index in [-0.39, 0.29) is 12.3 Å². The van der Waals surface area contributed by atoms with Crippen molar-refractivity contribution in [1.82, 2.24) is 5.32 Å². The van der Waals surface area contributed by atoms with E-state index in [1.165, 1.54) is 0 Å². The molecule has 1 heterocycles. The molecule has 0 spiro atoms. The van der Waals surface area contributed by atoms with Gasteiger partial charge in [-0.25, -0.2) is 0 Å². The first-order valence-electron chi connectivity index (χ1n) is 4.35. The van der Waals surface area contributed by atoms with E-state index in [0.29, 0.717) is 0 Å². The minimum absolute atomic E-state index is 0.155. The van der Waals surface area contributed by atoms with Crippen molar-refractivity contribution in [1.29, 1.82) is 0 Å². The molecule has 2 heteroatoms. The molecule has 1 unspecified atom stereocenters. The van der Waals surface area contributed by atoms with Crippen LogP contribution in [-0.2, 0) is 4.74 Å². The lowest BCUT2D eigenvalue weighted by molar-refractivity contribution is 0.368. The lowest BCUT2D eigenvalue weighted by Gasteiger charge is -2.04. The topological polar surface area (TPSA) is 24.6 Å². The summed E-state index contributed by atoms with van der Waals surface area (Å²) in [5, 5.41) is 3.24. The van der Waals surface area contributed by atoms with E-state index in [1.807, 2.05) is 26.0 Å². The van der Waals surface area contributed by atoms with Crippen molar-refractivity contribution in [3.8, 4) is 11.8 Å². The zero-order valence-corrected chi connectivity index (χ0v) is 7.63. The van der Waals surface area contributed by atoms with Gasteiger partial charge in [0.05, 0.1) is 12.6 Å². The smallest absolute Gasteiger partial charge is 0.133 e. The van der Waals surface area contributed by atoms with Gasteiger partial charge in [0.1, 0.15) is 6.23 Å². The van der Waals surface area contributed by atoms with Crippen LogP contribution >= 0.6 is 0 Å². The summed E-state index contributed by atoms with van der Waals surface area (Å²) in [5.41, 5.74) is 0. The van der Waals surface area contributed by atoms with Gasteiger partial charge in [-0.2, -0.15) is 0 Å². The van der Waals surface area contributed by atoms with Crippen LogP contribution in [-0.4, -0.2) is 18.9 Å². The van der Waals surface area contributed by atoms with E-state index in [2.05, 4.69) is 17.2 Å². The van der Waals surface area contributed by atoms with Gasteiger partial charge >= 0.3 is 0 Å². The normalized spacial score (nSPS) is 23.3. The quantitative estimate of drug-likeness (QED) is 0.387. The Balaban J connectivity index is 2.35. The van der Waals surface area contributed by atoms with Crippen molar-refractivity contribution in [2.45, 2.75) is 32.5 Å². The summed E-state index contributed by atoms with van der Waals surface area (Å²) >= 11 is 0. The Kier molecular flexibility index (Phi) is 3.86. The van der Waals surface area contributed by atoms with Crippen LogP contribution < -0.4 is 5.32 Å². The van der Waals surface area contributed by atoms with Crippen LogP contribution in [0.1, 0.15) is 20.3 Å². The Morgan fingerprint density at radius 2 is 2.50 bits per heavy atom. The molecule has 1 N–H and O–H groups in total. The van der Waals surface area contributed by atoms with Crippen molar-refractivity contribution in [2.24, 2.45) is 0 Å². The fraction of sp³-hybridized carbons (Fsp3) is 0.600. The zero-order valence-electron chi connectivity index (χ0n) is 7.63. The molecule has 0 aromatic heterocycles. The highest BCUT2D eigenvalue weighted by molar-refractivity contribution is 5.15. The molecule has 1 saturated heterocycles. The van der Waals surface area contributed by atoms with Crippen molar-refractivity contribution in [3.63, 3.8) is 0 Å². The molecule has 66 valence electrons. The van der Waals surface area contributed by atoms with Crippen molar-refractivity contribution in [2.75, 3.05) is 6.61 Å². The van der Waals surface area contributed by atoms with Gasteiger partial charge in [0, 0.05) is 6.42 Å². The number of hydrogen-bond donors (Lipinski definition) is 1. The molecule has 0 saturated carbocycles. The van der Waals surface area contributed by atoms with E-state index in [1.54, 1.807) is 0 Å². The Labute approximate surface area is 74.0 Å². The highest BCUT2D eigenvalue weighted by Crippen LogP contribution is 2.05. The Morgan fingerprint density at radius 1 is 1.75 bits per heavy atom. The average molecular weight is 165 g/mol. The molecule has 2 nitrogen and oxygen atoms in total. The summed E-state index contributed by atoms with van der Waals surface area (Å²) in [5.74, 6) is 6.16. The Bertz CT molecular complexity index is 208. The van der Waals surface area contributed by atoms with Crippen molar-refractivity contribution >= 4 is 0 Å². The molecular formula is C10H15NO. The molecule has 0 aromatic rings. The molecular weight excluding hydrogens is 150 g/mol. The van der Waals surface area contributed by atoms with Crippen LogP contribution in [0.4, 0.5) is 0 Å². The molecule has 0 bridgehead atoms. The average Bonchev–Trinajstić information content (AvgIpc) is 2.84. The number of allylic oxidation sites excluding steroid dienone is 1. The number of nitrogens with one attached hydrogen (secondary N) is 1. The molecule has 1 aliphatic heterocycles. The highest BCUT2D eigenvalue weighted by atomic mass is 16.6. The minimum atomic E-state index is 0.155. The van der Waals surface area contributed by atoms with Gasteiger partial charge in [-0.3, -0.25) is 5.32 Å². The van der Waals surface area contributed by atoms with Gasteiger partial charge in [-0.05, 0) is 6.92 Å². The first-order chi connectivity index (χ1) is 5.86. The van der Waals surface area contributed by atoms with Gasteiger partial charge in [0.2, 0.25) is 0 Å². The van der Waals surface area contributed by atoms with E-state index < -0.39 is 0 Å². The second-order valence-electron chi connectivity index (χ2n) is 2.67. The molecule has 0 aromatic carbocycles. The number of hydrogen-bond acceptors (Lipinski definition) is 2. The maximum atomic E-state index is 5.05. The highest BCUT2D eigenvalue weighted by Gasteiger charge is 2.23. The molecule has 2 atom stereocenters. The van der Waals surface area contributed by atoms with E-state index in [0.717, 1.165) is 13.0 Å². The van der Waals surface area contributed by atoms with Crippen LogP contribution in [0.15, 0.2) is 12.2 Å². The van der Waals surface area contributed by atoms with Crippen LogP contribution in [0.5, 0.6) is 0 Å². The van der Waals surface area contributed by atoms with Gasteiger partial charge in [0.25, 0.3) is 0 Å². The SMILES string of the molecule is C/C=C\[C@H](C#CCC)NC1CO1. The molecule has 1 aliphatic rings. The standard InChI is InChI=1S/C10H15NO/c1-3-5-7-9(6-4-2)11-10-8-12-10/h4,6,9-11H,3,8H2,1-2H3/b6-4-/t9-,10?/m1/s1. The number of ether oxygens (including phenoxy) is 1. The number of epoxide rings is 1. The monoisotopic (exact) mass is 165 g/mol. The first-order valence-corrected chi connectivity index (χ1v) is 4.35. The van der Waals surface area contributed by atoms with Crippen LogP contribution in [0, 0.1) is 11.8 Å². The van der Waals surface area contributed by atoms with Gasteiger partial charge in [-0.1, -0.05) is 25.0 Å². The Hall–Kier alpha value is -0.780. The zero-order chi connectivity index (χ0) is 8.81. The van der Waals surface area contributed by atoms with Gasteiger partial charge in [0.15, 0.2) is 0 Å². The summed E-state index contributed by atoms with van der Waals surface area (Å²) in [6, 6.07) is 0.155. The summed E-state index contributed by atoms with van der Waals surface area (Å²) in [6.07, 6.45) is 5.19. The van der Waals surface area contributed by atoms with E-state index in [4.69, 9.17) is 4.74 Å². The first kappa shape index (κ1) is 9.31. The minimum Gasteiger partial charge on any atom is -0.357 e. The molecule has 0 radical (unpaired) electrons. The fourth-order valence-corrected chi connectivity index (χ4v) is 0.894. The summed E-state index contributed by atoms with van der Waals surface area (Å²) in [4.78, 5) is 0. The van der Waals surface area contributed by atoms with E-state index >= 15 is 0 Å². The fourth-order valence-electron chi connectivity index (χ4n) is 0.894. The van der Waals surface area contributed by atoms with Crippen LogP contribution in [0.2, 0.25) is 0 Å². The second-order valence-corrected chi connectivity index (χ2v) is 2.67. The summed E-state index contributed by atoms with van der Waals surface area (Å²) in [6.45, 7) is 4.87. The summed E-state index contributed by atoms with van der Waals surface area (Å²) < 4.78 is 5.05. The predicted molar refractivity (Wildman–Crippen MR) is 49.5 cm³/mol. The van der Waals surface area contributed by atoms with E-state index in [9.17, 15) is 0 Å². The molecule has 1 fully saturated rings. The second kappa shape index (κ2) is 4.97. The third-order valence-electron chi connectivity index (χ3n) is 1.52. The van der Waals surface area contributed by atoms with Crippen molar-refractivity contribution in [3.05, 3.63) is 12.2 Å². The maximum Gasteiger partial charge on any atom is 0.133 e. The lowest BCUT2D eigenvalue weighted by Crippen LogP contribution is -2.28. The largest absolute Gasteiger partial charge is 0.357 e. The maximum absolute atomic E-state index is 5.05.